The van der Waals surface area contributed by atoms with Crippen LogP contribution in [0.5, 0.6) is 11.5 Å². The average molecular weight is 384 g/mol. The molecule has 2 heterocycles. The number of benzene rings is 1. The minimum absolute atomic E-state index is 0.270. The predicted octanol–water partition coefficient (Wildman–Crippen LogP) is 2.53. The molecular formula is C19H20N4O3S. The maximum absolute atomic E-state index is 13.0. The Balaban J connectivity index is 1.98. The number of nitrogens with one attached hydrogen (secondary N) is 3. The molecule has 1 aromatic carbocycles. The summed E-state index contributed by atoms with van der Waals surface area (Å²) in [4.78, 5) is 17.1. The molecule has 0 aliphatic carbocycles. The summed E-state index contributed by atoms with van der Waals surface area (Å²) in [5.41, 5.74) is 2.01. The Kier molecular flexibility index (Phi) is 5.56. The average Bonchev–Trinajstić information content (AvgIpc) is 2.67. The van der Waals surface area contributed by atoms with E-state index in [-0.39, 0.29) is 5.91 Å². The van der Waals surface area contributed by atoms with Gasteiger partial charge < -0.3 is 25.4 Å². The molecule has 8 heteroatoms. The van der Waals surface area contributed by atoms with Crippen molar-refractivity contribution < 1.29 is 14.3 Å². The highest BCUT2D eigenvalue weighted by molar-refractivity contribution is 7.80. The Morgan fingerprint density at radius 2 is 1.96 bits per heavy atom. The van der Waals surface area contributed by atoms with E-state index in [9.17, 15) is 4.79 Å². The molecule has 0 fully saturated rings. The summed E-state index contributed by atoms with van der Waals surface area (Å²) in [5, 5.41) is 9.43. The standard InChI is InChI=1S/C19H20N4O3S/c1-11-16(18(24)22-15-6-4-5-9-20-15)17(23-19(27)21-11)12-7-8-13(25-2)14(10-12)26-3/h4-10,17H,1-3H3,(H,20,22,24)(H2,21,23,27)/t17-/m1/s1. The number of carbonyl (C=O) groups excluding carboxylic acids is 1. The number of thiocarbonyl (C=S) groups is 1. The second kappa shape index (κ2) is 8.05. The van der Waals surface area contributed by atoms with Crippen molar-refractivity contribution in [3.8, 4) is 11.5 Å². The number of carbonyl (C=O) groups is 1. The van der Waals surface area contributed by atoms with Crippen LogP contribution >= 0.6 is 12.2 Å². The minimum Gasteiger partial charge on any atom is -0.493 e. The van der Waals surface area contributed by atoms with Gasteiger partial charge in [0.15, 0.2) is 16.6 Å². The van der Waals surface area contributed by atoms with Crippen molar-refractivity contribution in [2.45, 2.75) is 13.0 Å². The van der Waals surface area contributed by atoms with E-state index in [1.54, 1.807) is 38.6 Å². The Bertz CT molecular complexity index is 899. The van der Waals surface area contributed by atoms with Gasteiger partial charge in [-0.2, -0.15) is 0 Å². The van der Waals surface area contributed by atoms with Crippen LogP contribution in [0.25, 0.3) is 0 Å². The topological polar surface area (TPSA) is 84.5 Å². The molecule has 1 aliphatic heterocycles. The lowest BCUT2D eigenvalue weighted by Gasteiger charge is -2.30. The number of amides is 1. The molecular weight excluding hydrogens is 364 g/mol. The van der Waals surface area contributed by atoms with Gasteiger partial charge >= 0.3 is 0 Å². The number of ether oxygens (including phenoxy) is 2. The predicted molar refractivity (Wildman–Crippen MR) is 107 cm³/mol. The van der Waals surface area contributed by atoms with Gasteiger partial charge in [-0.3, -0.25) is 4.79 Å². The van der Waals surface area contributed by atoms with E-state index in [1.807, 2.05) is 25.1 Å². The van der Waals surface area contributed by atoms with Crippen LogP contribution in [0.15, 0.2) is 53.9 Å². The van der Waals surface area contributed by atoms with Crippen molar-refractivity contribution in [1.29, 1.82) is 0 Å². The monoisotopic (exact) mass is 384 g/mol. The Morgan fingerprint density at radius 3 is 2.63 bits per heavy atom. The number of pyridine rings is 1. The molecule has 0 radical (unpaired) electrons. The molecule has 0 spiro atoms. The van der Waals surface area contributed by atoms with Crippen LogP contribution < -0.4 is 25.4 Å². The molecule has 0 saturated carbocycles. The van der Waals surface area contributed by atoms with Gasteiger partial charge in [0.05, 0.1) is 25.8 Å². The SMILES string of the molecule is COc1ccc([C@H]2NC(=S)NC(C)=C2C(=O)Nc2ccccn2)cc1OC. The molecule has 1 amide bonds. The number of anilines is 1. The molecule has 3 N–H and O–H groups in total. The van der Waals surface area contributed by atoms with Crippen molar-refractivity contribution in [3.63, 3.8) is 0 Å². The normalized spacial score (nSPS) is 16.3. The van der Waals surface area contributed by atoms with Gasteiger partial charge in [-0.15, -0.1) is 0 Å². The van der Waals surface area contributed by atoms with Gasteiger partial charge in [-0.25, -0.2) is 4.98 Å². The maximum atomic E-state index is 13.0. The van der Waals surface area contributed by atoms with E-state index < -0.39 is 6.04 Å². The van der Waals surface area contributed by atoms with Crippen molar-refractivity contribution in [1.82, 2.24) is 15.6 Å². The number of aromatic nitrogens is 1. The summed E-state index contributed by atoms with van der Waals surface area (Å²) in [7, 11) is 3.14. The number of hydrogen-bond donors (Lipinski definition) is 3. The number of rotatable bonds is 5. The first-order valence-electron chi connectivity index (χ1n) is 8.26. The minimum atomic E-state index is -0.442. The molecule has 1 aliphatic rings. The molecule has 0 unspecified atom stereocenters. The third-order valence-electron chi connectivity index (χ3n) is 4.16. The smallest absolute Gasteiger partial charge is 0.256 e. The van der Waals surface area contributed by atoms with Crippen LogP contribution in [0.1, 0.15) is 18.5 Å². The van der Waals surface area contributed by atoms with Gasteiger partial charge in [0.2, 0.25) is 0 Å². The van der Waals surface area contributed by atoms with Crippen LogP contribution in [0, 0.1) is 0 Å². The first-order valence-corrected chi connectivity index (χ1v) is 8.67. The van der Waals surface area contributed by atoms with E-state index in [2.05, 4.69) is 20.9 Å². The third kappa shape index (κ3) is 4.01. The number of methoxy groups -OCH3 is 2. The number of allylic oxidation sites excluding steroid dienone is 1. The number of hydrogen-bond acceptors (Lipinski definition) is 5. The van der Waals surface area contributed by atoms with E-state index in [0.717, 1.165) is 5.56 Å². The number of nitrogens with zero attached hydrogens (tertiary/aromatic N) is 1. The molecule has 1 aromatic heterocycles. The van der Waals surface area contributed by atoms with Gasteiger partial charge in [0.1, 0.15) is 5.82 Å². The van der Waals surface area contributed by atoms with Gasteiger partial charge in [-0.1, -0.05) is 12.1 Å². The van der Waals surface area contributed by atoms with Crippen molar-refractivity contribution >= 4 is 29.1 Å². The molecule has 3 rings (SSSR count). The van der Waals surface area contributed by atoms with Crippen LogP contribution in [-0.2, 0) is 4.79 Å². The molecule has 27 heavy (non-hydrogen) atoms. The molecule has 0 bridgehead atoms. The summed E-state index contributed by atoms with van der Waals surface area (Å²) in [6, 6.07) is 10.4. The lowest BCUT2D eigenvalue weighted by atomic mass is 9.94. The summed E-state index contributed by atoms with van der Waals surface area (Å²) in [6.07, 6.45) is 1.62. The highest BCUT2D eigenvalue weighted by Gasteiger charge is 2.30. The largest absolute Gasteiger partial charge is 0.493 e. The highest BCUT2D eigenvalue weighted by Crippen LogP contribution is 2.34. The summed E-state index contributed by atoms with van der Waals surface area (Å²) in [5.74, 6) is 1.39. The first kappa shape index (κ1) is 18.7. The summed E-state index contributed by atoms with van der Waals surface area (Å²) in [6.45, 7) is 1.81. The van der Waals surface area contributed by atoms with Crippen LogP contribution in [0.2, 0.25) is 0 Å². The summed E-state index contributed by atoms with van der Waals surface area (Å²) < 4.78 is 10.7. The van der Waals surface area contributed by atoms with Crippen LogP contribution in [-0.4, -0.2) is 30.2 Å². The molecule has 1 atom stereocenters. The third-order valence-corrected chi connectivity index (χ3v) is 4.38. The highest BCUT2D eigenvalue weighted by atomic mass is 32.1. The second-order valence-electron chi connectivity index (χ2n) is 5.85. The van der Waals surface area contributed by atoms with Crippen molar-refractivity contribution in [3.05, 3.63) is 59.4 Å². The van der Waals surface area contributed by atoms with Crippen LogP contribution in [0.4, 0.5) is 5.82 Å². The van der Waals surface area contributed by atoms with E-state index in [0.29, 0.717) is 33.7 Å². The zero-order chi connectivity index (χ0) is 19.4. The van der Waals surface area contributed by atoms with E-state index in [1.165, 1.54) is 0 Å². The molecule has 2 aromatic rings. The van der Waals surface area contributed by atoms with Crippen LogP contribution in [0.3, 0.4) is 0 Å². The zero-order valence-corrected chi connectivity index (χ0v) is 16.0. The fourth-order valence-corrected chi connectivity index (χ4v) is 3.17. The Hall–Kier alpha value is -3.13. The Labute approximate surface area is 162 Å². The maximum Gasteiger partial charge on any atom is 0.256 e. The van der Waals surface area contributed by atoms with E-state index in [4.69, 9.17) is 21.7 Å². The van der Waals surface area contributed by atoms with Crippen molar-refractivity contribution in [2.24, 2.45) is 0 Å². The summed E-state index contributed by atoms with van der Waals surface area (Å²) >= 11 is 5.28. The first-order chi connectivity index (χ1) is 13.0. The van der Waals surface area contributed by atoms with Gasteiger partial charge in [0.25, 0.3) is 5.91 Å². The molecule has 7 nitrogen and oxygen atoms in total. The lowest BCUT2D eigenvalue weighted by Crippen LogP contribution is -2.45. The quantitative estimate of drug-likeness (QED) is 0.683. The lowest BCUT2D eigenvalue weighted by molar-refractivity contribution is -0.113. The second-order valence-corrected chi connectivity index (χ2v) is 6.26. The molecule has 140 valence electrons. The van der Waals surface area contributed by atoms with Gasteiger partial charge in [0, 0.05) is 11.9 Å². The zero-order valence-electron chi connectivity index (χ0n) is 15.2. The molecule has 0 saturated heterocycles. The Morgan fingerprint density at radius 1 is 1.19 bits per heavy atom. The van der Waals surface area contributed by atoms with Crippen molar-refractivity contribution in [2.75, 3.05) is 19.5 Å². The van der Waals surface area contributed by atoms with Gasteiger partial charge in [-0.05, 0) is 49.0 Å². The van der Waals surface area contributed by atoms with E-state index >= 15 is 0 Å². The fraction of sp³-hybridized carbons (Fsp3) is 0.211. The fourth-order valence-electron chi connectivity index (χ4n) is 2.90.